The Hall–Kier alpha value is -1.06. The van der Waals surface area contributed by atoms with Gasteiger partial charge in [0.15, 0.2) is 0 Å². The molecule has 86 valence electrons. The second-order valence-corrected chi connectivity index (χ2v) is 4.22. The van der Waals surface area contributed by atoms with Crippen LogP contribution in [0.5, 0.6) is 0 Å². The van der Waals surface area contributed by atoms with E-state index in [0.717, 1.165) is 12.8 Å². The van der Waals surface area contributed by atoms with Gasteiger partial charge in [0.25, 0.3) is 0 Å². The van der Waals surface area contributed by atoms with Crippen LogP contribution in [0.1, 0.15) is 40.0 Å². The summed E-state index contributed by atoms with van der Waals surface area (Å²) in [6.45, 7) is 7.18. The van der Waals surface area contributed by atoms with Crippen molar-refractivity contribution in [2.24, 2.45) is 0 Å². The molecule has 15 heavy (non-hydrogen) atoms. The Balaban J connectivity index is 2.81. The van der Waals surface area contributed by atoms with E-state index in [9.17, 15) is 9.59 Å². The van der Waals surface area contributed by atoms with E-state index in [2.05, 4.69) is 0 Å². The van der Waals surface area contributed by atoms with E-state index in [1.165, 1.54) is 4.90 Å². The van der Waals surface area contributed by atoms with Crippen LogP contribution in [0.15, 0.2) is 0 Å². The monoisotopic (exact) mass is 212 g/mol. The zero-order chi connectivity index (χ0) is 11.4. The molecule has 1 heterocycles. The smallest absolute Gasteiger partial charge is 0.322 e. The third kappa shape index (κ3) is 2.70. The van der Waals surface area contributed by atoms with Gasteiger partial charge < -0.3 is 4.90 Å². The van der Waals surface area contributed by atoms with E-state index in [1.54, 1.807) is 4.90 Å². The lowest BCUT2D eigenvalue weighted by atomic mass is 10.2. The Kier molecular flexibility index (Phi) is 4.12. The maximum atomic E-state index is 12.0. The van der Waals surface area contributed by atoms with E-state index in [4.69, 9.17) is 0 Å². The molecule has 0 unspecified atom stereocenters. The van der Waals surface area contributed by atoms with E-state index in [0.29, 0.717) is 19.5 Å². The predicted molar refractivity (Wildman–Crippen MR) is 58.5 cm³/mol. The lowest BCUT2D eigenvalue weighted by Gasteiger charge is -2.29. The molecular weight excluding hydrogens is 192 g/mol. The normalized spacial score (nSPS) is 18.7. The molecule has 0 N–H and O–H groups in total. The molecule has 0 bridgehead atoms. The van der Waals surface area contributed by atoms with Gasteiger partial charge >= 0.3 is 6.03 Å². The van der Waals surface area contributed by atoms with Crippen LogP contribution >= 0.6 is 0 Å². The van der Waals surface area contributed by atoms with E-state index < -0.39 is 0 Å². The largest absolute Gasteiger partial charge is 0.326 e. The maximum Gasteiger partial charge on any atom is 0.326 e. The van der Waals surface area contributed by atoms with Crippen molar-refractivity contribution in [2.75, 3.05) is 13.1 Å². The third-order valence-corrected chi connectivity index (χ3v) is 2.64. The van der Waals surface area contributed by atoms with Crippen LogP contribution in [0.4, 0.5) is 4.79 Å². The number of carbonyl (C=O) groups excluding carboxylic acids is 2. The summed E-state index contributed by atoms with van der Waals surface area (Å²) in [7, 11) is 0. The minimum atomic E-state index is -0.116. The highest BCUT2D eigenvalue weighted by atomic mass is 16.2. The topological polar surface area (TPSA) is 40.6 Å². The molecule has 3 amide bonds. The standard InChI is InChI=1S/C11H20N2O2/c1-4-7-13-10(14)6-5-8-12(9(2)3)11(13)15/h9H,4-8H2,1-3H3. The second-order valence-electron chi connectivity index (χ2n) is 4.22. The first-order valence-corrected chi connectivity index (χ1v) is 5.69. The minimum absolute atomic E-state index is 0.0231. The van der Waals surface area contributed by atoms with Crippen LogP contribution < -0.4 is 0 Å². The summed E-state index contributed by atoms with van der Waals surface area (Å²) in [4.78, 5) is 26.9. The van der Waals surface area contributed by atoms with Crippen molar-refractivity contribution in [3.8, 4) is 0 Å². The summed E-state index contributed by atoms with van der Waals surface area (Å²) in [5.41, 5.74) is 0. The lowest BCUT2D eigenvalue weighted by Crippen LogP contribution is -2.47. The number of hydrogen-bond acceptors (Lipinski definition) is 2. The molecule has 0 aliphatic carbocycles. The molecule has 1 aliphatic heterocycles. The summed E-state index contributed by atoms with van der Waals surface area (Å²) in [6.07, 6.45) is 2.10. The first-order valence-electron chi connectivity index (χ1n) is 5.69. The van der Waals surface area contributed by atoms with Crippen molar-refractivity contribution in [1.29, 1.82) is 0 Å². The number of imide groups is 1. The molecule has 0 atom stereocenters. The average Bonchev–Trinajstić information content (AvgIpc) is 2.30. The molecule has 0 aromatic heterocycles. The minimum Gasteiger partial charge on any atom is -0.322 e. The molecule has 1 rings (SSSR count). The predicted octanol–water partition coefficient (Wildman–Crippen LogP) is 1.85. The van der Waals surface area contributed by atoms with Crippen molar-refractivity contribution in [2.45, 2.75) is 46.1 Å². The van der Waals surface area contributed by atoms with Gasteiger partial charge in [0.1, 0.15) is 0 Å². The summed E-state index contributed by atoms with van der Waals surface area (Å²) in [6, 6.07) is 0.0529. The van der Waals surface area contributed by atoms with Crippen molar-refractivity contribution in [1.82, 2.24) is 9.80 Å². The fourth-order valence-electron chi connectivity index (χ4n) is 1.82. The van der Waals surface area contributed by atoms with Gasteiger partial charge in [-0.25, -0.2) is 4.79 Å². The van der Waals surface area contributed by atoms with Gasteiger partial charge in [-0.3, -0.25) is 9.69 Å². The SMILES string of the molecule is CCCN1C(=O)CCCN(C(C)C)C1=O. The van der Waals surface area contributed by atoms with Crippen LogP contribution in [0, 0.1) is 0 Å². The highest BCUT2D eigenvalue weighted by Gasteiger charge is 2.29. The van der Waals surface area contributed by atoms with Gasteiger partial charge in [0.2, 0.25) is 5.91 Å². The summed E-state index contributed by atoms with van der Waals surface area (Å²) in [5.74, 6) is -0.0231. The Bertz CT molecular complexity index is 251. The molecule has 1 aliphatic rings. The molecule has 1 saturated heterocycles. The molecule has 0 aromatic carbocycles. The van der Waals surface area contributed by atoms with Crippen LogP contribution in [0.25, 0.3) is 0 Å². The quantitative estimate of drug-likeness (QED) is 0.716. The second kappa shape index (κ2) is 5.14. The highest BCUT2D eigenvalue weighted by Crippen LogP contribution is 2.14. The molecular formula is C11H20N2O2. The van der Waals surface area contributed by atoms with Crippen molar-refractivity contribution in [3.05, 3.63) is 0 Å². The number of nitrogens with zero attached hydrogens (tertiary/aromatic N) is 2. The van der Waals surface area contributed by atoms with Gasteiger partial charge in [-0.15, -0.1) is 0 Å². The fraction of sp³-hybridized carbons (Fsp3) is 0.818. The number of rotatable bonds is 3. The number of urea groups is 1. The van der Waals surface area contributed by atoms with E-state index in [1.807, 2.05) is 20.8 Å². The van der Waals surface area contributed by atoms with Crippen LogP contribution in [-0.4, -0.2) is 40.9 Å². The Labute approximate surface area is 91.2 Å². The molecule has 1 fully saturated rings. The number of amides is 3. The first kappa shape index (κ1) is 12.0. The molecule has 0 saturated carbocycles. The first-order chi connectivity index (χ1) is 7.07. The Morgan fingerprint density at radius 1 is 1.33 bits per heavy atom. The number of hydrogen-bond donors (Lipinski definition) is 0. The van der Waals surface area contributed by atoms with E-state index >= 15 is 0 Å². The summed E-state index contributed by atoms with van der Waals surface area (Å²) < 4.78 is 0. The fourth-order valence-corrected chi connectivity index (χ4v) is 1.82. The third-order valence-electron chi connectivity index (χ3n) is 2.64. The van der Waals surface area contributed by atoms with Gasteiger partial charge in [-0.05, 0) is 26.7 Å². The zero-order valence-electron chi connectivity index (χ0n) is 9.82. The molecule has 0 radical (unpaired) electrons. The lowest BCUT2D eigenvalue weighted by molar-refractivity contribution is -0.128. The molecule has 0 aromatic rings. The van der Waals surface area contributed by atoms with E-state index in [-0.39, 0.29) is 18.0 Å². The maximum absolute atomic E-state index is 12.0. The summed E-state index contributed by atoms with van der Waals surface area (Å²) in [5, 5.41) is 0. The molecule has 4 heteroatoms. The molecule has 4 nitrogen and oxygen atoms in total. The van der Waals surface area contributed by atoms with Crippen molar-refractivity contribution < 1.29 is 9.59 Å². The van der Waals surface area contributed by atoms with Crippen molar-refractivity contribution >= 4 is 11.9 Å². The van der Waals surface area contributed by atoms with Gasteiger partial charge in [-0.2, -0.15) is 0 Å². The number of carbonyl (C=O) groups is 2. The Morgan fingerprint density at radius 3 is 2.53 bits per heavy atom. The van der Waals surface area contributed by atoms with Crippen LogP contribution in [0.2, 0.25) is 0 Å². The highest BCUT2D eigenvalue weighted by molar-refractivity contribution is 5.95. The van der Waals surface area contributed by atoms with Gasteiger partial charge in [0.05, 0.1) is 0 Å². The summed E-state index contributed by atoms with van der Waals surface area (Å²) >= 11 is 0. The van der Waals surface area contributed by atoms with Crippen LogP contribution in [0.3, 0.4) is 0 Å². The average molecular weight is 212 g/mol. The van der Waals surface area contributed by atoms with Gasteiger partial charge in [0, 0.05) is 25.6 Å². The van der Waals surface area contributed by atoms with Gasteiger partial charge in [-0.1, -0.05) is 6.92 Å². The zero-order valence-corrected chi connectivity index (χ0v) is 9.82. The van der Waals surface area contributed by atoms with Crippen molar-refractivity contribution in [3.63, 3.8) is 0 Å². The van der Waals surface area contributed by atoms with Crippen LogP contribution in [-0.2, 0) is 4.79 Å². The Morgan fingerprint density at radius 2 is 2.00 bits per heavy atom. The molecule has 0 spiro atoms.